The predicted octanol–water partition coefficient (Wildman–Crippen LogP) is 4.04. The van der Waals surface area contributed by atoms with Gasteiger partial charge in [0, 0.05) is 17.7 Å². The molecule has 0 saturated heterocycles. The van der Waals surface area contributed by atoms with Gasteiger partial charge in [-0.25, -0.2) is 9.97 Å². The Bertz CT molecular complexity index is 1220. The Morgan fingerprint density at radius 3 is 2.89 bits per heavy atom. The Labute approximate surface area is 168 Å². The first-order valence-corrected chi connectivity index (χ1v) is 11.0. The van der Waals surface area contributed by atoms with Gasteiger partial charge in [0.2, 0.25) is 5.91 Å². The molecular weight excluding hydrogens is 392 g/mol. The van der Waals surface area contributed by atoms with Gasteiger partial charge < -0.3 is 10.3 Å². The van der Waals surface area contributed by atoms with Crippen LogP contribution in [0.2, 0.25) is 0 Å². The summed E-state index contributed by atoms with van der Waals surface area (Å²) in [5.41, 5.74) is 1.98. The van der Waals surface area contributed by atoms with Crippen molar-refractivity contribution in [3.63, 3.8) is 0 Å². The van der Waals surface area contributed by atoms with E-state index in [1.54, 1.807) is 11.3 Å². The maximum absolute atomic E-state index is 12.6. The minimum atomic E-state index is -0.132. The van der Waals surface area contributed by atoms with Gasteiger partial charge in [0.05, 0.1) is 15.6 Å². The van der Waals surface area contributed by atoms with Gasteiger partial charge in [-0.05, 0) is 43.4 Å². The quantitative estimate of drug-likeness (QED) is 0.531. The second-order valence-corrected chi connectivity index (χ2v) is 9.05. The lowest BCUT2D eigenvalue weighted by Crippen LogP contribution is -2.16. The lowest BCUT2D eigenvalue weighted by Gasteiger charge is -2.09. The van der Waals surface area contributed by atoms with Crippen LogP contribution >= 0.6 is 22.7 Å². The Kier molecular flexibility index (Phi) is 4.44. The third-order valence-electron chi connectivity index (χ3n) is 5.00. The summed E-state index contributed by atoms with van der Waals surface area (Å²) < 4.78 is 1.04. The van der Waals surface area contributed by atoms with E-state index < -0.39 is 0 Å². The molecule has 28 heavy (non-hydrogen) atoms. The summed E-state index contributed by atoms with van der Waals surface area (Å²) in [4.78, 5) is 38.9. The molecule has 0 saturated carbocycles. The normalized spacial score (nSPS) is 13.7. The highest BCUT2D eigenvalue weighted by atomic mass is 32.1. The number of carbonyl (C=O) groups is 1. The molecule has 1 amide bonds. The molecule has 1 aromatic carbocycles. The van der Waals surface area contributed by atoms with E-state index in [9.17, 15) is 9.59 Å². The molecule has 8 heteroatoms. The number of aryl methyl sites for hydroxylation is 3. The summed E-state index contributed by atoms with van der Waals surface area (Å²) in [5, 5.41) is 4.19. The smallest absolute Gasteiger partial charge is 0.259 e. The van der Waals surface area contributed by atoms with Crippen LogP contribution in [-0.2, 0) is 24.1 Å². The van der Waals surface area contributed by atoms with Crippen LogP contribution in [0, 0.1) is 0 Å². The number of fused-ring (bicyclic) bond motifs is 4. The fourth-order valence-corrected chi connectivity index (χ4v) is 5.83. The van der Waals surface area contributed by atoms with Crippen LogP contribution < -0.4 is 10.9 Å². The Balaban J connectivity index is 1.31. The van der Waals surface area contributed by atoms with Gasteiger partial charge in [0.25, 0.3) is 5.56 Å². The third-order valence-corrected chi connectivity index (χ3v) is 7.14. The molecule has 6 nitrogen and oxygen atoms in total. The average Bonchev–Trinajstić information content (AvgIpc) is 3.26. The van der Waals surface area contributed by atoms with Crippen molar-refractivity contribution < 1.29 is 4.79 Å². The molecule has 3 aromatic heterocycles. The second-order valence-electron chi connectivity index (χ2n) is 6.94. The number of amides is 1. The highest BCUT2D eigenvalue weighted by molar-refractivity contribution is 7.22. The standard InChI is InChI=1S/C20H18N4O2S2/c25-16(24-20-21-12-6-2-4-8-14(12)28-20)10-9-15-22-18(26)17-11-5-1-3-7-13(11)27-19(17)23-15/h2,4,6,8H,1,3,5,7,9-10H2,(H,21,24,25)(H,22,23,26). The van der Waals surface area contributed by atoms with Gasteiger partial charge in [-0.3, -0.25) is 9.59 Å². The summed E-state index contributed by atoms with van der Waals surface area (Å²) in [6.07, 6.45) is 4.95. The molecule has 1 aliphatic carbocycles. The molecule has 0 fully saturated rings. The Morgan fingerprint density at radius 2 is 2.00 bits per heavy atom. The molecule has 0 unspecified atom stereocenters. The van der Waals surface area contributed by atoms with Crippen LogP contribution in [0.1, 0.15) is 35.5 Å². The fraction of sp³-hybridized carbons (Fsp3) is 0.300. The lowest BCUT2D eigenvalue weighted by atomic mass is 9.97. The summed E-state index contributed by atoms with van der Waals surface area (Å²) in [5.74, 6) is 0.433. The molecule has 5 rings (SSSR count). The molecule has 0 aliphatic heterocycles. The topological polar surface area (TPSA) is 87.7 Å². The van der Waals surface area contributed by atoms with E-state index in [1.165, 1.54) is 28.2 Å². The van der Waals surface area contributed by atoms with Crippen molar-refractivity contribution >= 4 is 54.1 Å². The number of para-hydroxylation sites is 1. The van der Waals surface area contributed by atoms with E-state index in [-0.39, 0.29) is 17.9 Å². The van der Waals surface area contributed by atoms with Crippen molar-refractivity contribution in [1.29, 1.82) is 0 Å². The highest BCUT2D eigenvalue weighted by Crippen LogP contribution is 2.33. The summed E-state index contributed by atoms with van der Waals surface area (Å²) >= 11 is 3.08. The van der Waals surface area contributed by atoms with Crippen LogP contribution in [0.4, 0.5) is 5.13 Å². The zero-order chi connectivity index (χ0) is 19.1. The second kappa shape index (κ2) is 7.10. The van der Waals surface area contributed by atoms with Crippen molar-refractivity contribution in [2.24, 2.45) is 0 Å². The molecular formula is C20H18N4O2S2. The predicted molar refractivity (Wildman–Crippen MR) is 113 cm³/mol. The molecule has 0 spiro atoms. The first kappa shape index (κ1) is 17.5. The van der Waals surface area contributed by atoms with E-state index in [0.717, 1.165) is 39.7 Å². The lowest BCUT2D eigenvalue weighted by molar-refractivity contribution is -0.116. The fourth-order valence-electron chi connectivity index (χ4n) is 3.67. The molecule has 2 N–H and O–H groups in total. The number of thiophene rings is 1. The van der Waals surface area contributed by atoms with Crippen molar-refractivity contribution in [3.05, 3.63) is 50.9 Å². The number of hydrogen-bond acceptors (Lipinski definition) is 6. The van der Waals surface area contributed by atoms with Gasteiger partial charge in [0.15, 0.2) is 5.13 Å². The molecule has 0 bridgehead atoms. The van der Waals surface area contributed by atoms with E-state index in [0.29, 0.717) is 17.4 Å². The van der Waals surface area contributed by atoms with Gasteiger partial charge in [-0.15, -0.1) is 11.3 Å². The number of aromatic nitrogens is 3. The average molecular weight is 411 g/mol. The van der Waals surface area contributed by atoms with Crippen molar-refractivity contribution in [2.75, 3.05) is 5.32 Å². The van der Waals surface area contributed by atoms with Crippen LogP contribution in [0.25, 0.3) is 20.4 Å². The number of H-pyrrole nitrogens is 1. The number of rotatable bonds is 4. The zero-order valence-corrected chi connectivity index (χ0v) is 16.7. The van der Waals surface area contributed by atoms with Crippen LogP contribution in [0.5, 0.6) is 0 Å². The number of hydrogen-bond donors (Lipinski definition) is 2. The van der Waals surface area contributed by atoms with E-state index in [2.05, 4.69) is 20.3 Å². The molecule has 0 radical (unpaired) electrons. The SMILES string of the molecule is O=C(CCc1nc2sc3c(c2c(=O)[nH]1)CCCC3)Nc1nc2ccccc2s1. The third kappa shape index (κ3) is 3.22. The largest absolute Gasteiger partial charge is 0.310 e. The van der Waals surface area contributed by atoms with Crippen molar-refractivity contribution in [3.8, 4) is 0 Å². The summed E-state index contributed by atoms with van der Waals surface area (Å²) in [7, 11) is 0. The number of carbonyl (C=O) groups excluding carboxylic acids is 1. The Hall–Kier alpha value is -2.58. The number of aromatic amines is 1. The van der Waals surface area contributed by atoms with Gasteiger partial charge in [-0.1, -0.05) is 23.5 Å². The first-order valence-electron chi connectivity index (χ1n) is 9.36. The molecule has 4 aromatic rings. The van der Waals surface area contributed by atoms with E-state index in [4.69, 9.17) is 0 Å². The number of thiazole rings is 1. The number of anilines is 1. The summed E-state index contributed by atoms with van der Waals surface area (Å²) in [6, 6.07) is 7.78. The molecule has 1 aliphatic rings. The molecule has 0 atom stereocenters. The minimum Gasteiger partial charge on any atom is -0.310 e. The monoisotopic (exact) mass is 410 g/mol. The Morgan fingerprint density at radius 1 is 1.14 bits per heavy atom. The van der Waals surface area contributed by atoms with Crippen LogP contribution in [0.3, 0.4) is 0 Å². The van der Waals surface area contributed by atoms with Gasteiger partial charge >= 0.3 is 0 Å². The first-order chi connectivity index (χ1) is 13.7. The van der Waals surface area contributed by atoms with Crippen LogP contribution in [0.15, 0.2) is 29.1 Å². The van der Waals surface area contributed by atoms with Crippen molar-refractivity contribution in [1.82, 2.24) is 15.0 Å². The van der Waals surface area contributed by atoms with E-state index in [1.807, 2.05) is 24.3 Å². The summed E-state index contributed by atoms with van der Waals surface area (Å²) in [6.45, 7) is 0. The number of nitrogens with one attached hydrogen (secondary N) is 2. The number of benzene rings is 1. The van der Waals surface area contributed by atoms with Gasteiger partial charge in [0.1, 0.15) is 10.7 Å². The minimum absolute atomic E-state index is 0.0778. The molecule has 142 valence electrons. The molecule has 3 heterocycles. The van der Waals surface area contributed by atoms with Crippen molar-refractivity contribution in [2.45, 2.75) is 38.5 Å². The number of nitrogens with zero attached hydrogens (tertiary/aromatic N) is 2. The van der Waals surface area contributed by atoms with Gasteiger partial charge in [-0.2, -0.15) is 0 Å². The maximum Gasteiger partial charge on any atom is 0.259 e. The van der Waals surface area contributed by atoms with Crippen LogP contribution in [-0.4, -0.2) is 20.9 Å². The highest BCUT2D eigenvalue weighted by Gasteiger charge is 2.20. The zero-order valence-electron chi connectivity index (χ0n) is 15.1. The van der Waals surface area contributed by atoms with E-state index >= 15 is 0 Å². The maximum atomic E-state index is 12.6.